The number of nitrogens with zero attached hydrogens (tertiary/aromatic N) is 3. The molecule has 4 atom stereocenters. The van der Waals surface area contributed by atoms with Crippen molar-refractivity contribution in [2.45, 2.75) is 70.5 Å². The van der Waals surface area contributed by atoms with E-state index in [4.69, 9.17) is 9.26 Å². The van der Waals surface area contributed by atoms with Gasteiger partial charge in [-0.3, -0.25) is 0 Å². The molecule has 1 aromatic heterocycles. The van der Waals surface area contributed by atoms with Crippen LogP contribution in [-0.2, 0) is 6.42 Å². The highest BCUT2D eigenvalue weighted by Gasteiger charge is 2.29. The average molecular weight is 493 g/mol. The van der Waals surface area contributed by atoms with Gasteiger partial charge in [0.1, 0.15) is 17.9 Å². The van der Waals surface area contributed by atoms with Gasteiger partial charge < -0.3 is 29.9 Å². The summed E-state index contributed by atoms with van der Waals surface area (Å²) in [6, 6.07) is 13.3. The van der Waals surface area contributed by atoms with Crippen LogP contribution in [0.1, 0.15) is 56.3 Å². The number of ether oxygens (including phenoxy) is 1. The molecule has 4 unspecified atom stereocenters. The summed E-state index contributed by atoms with van der Waals surface area (Å²) in [4.78, 5) is 4.60. The maximum absolute atomic E-state index is 10.2. The van der Waals surface area contributed by atoms with Crippen LogP contribution in [-0.4, -0.2) is 56.4 Å². The lowest BCUT2D eigenvalue weighted by molar-refractivity contribution is -0.0593. The van der Waals surface area contributed by atoms with Crippen LogP contribution >= 0.6 is 0 Å². The molecule has 4 rings (SSSR count). The SMILES string of the molecule is CCC(O)C(O)C(O)CNC1CCc2c(-c3noc(-c4ccc(OC(C)C)c(C#N)c4)n3)cccc21. The van der Waals surface area contributed by atoms with Gasteiger partial charge in [-0.25, -0.2) is 0 Å². The third-order valence-electron chi connectivity index (χ3n) is 6.43. The second-order valence-electron chi connectivity index (χ2n) is 9.32. The summed E-state index contributed by atoms with van der Waals surface area (Å²) in [5.41, 5.74) is 4.08. The predicted molar refractivity (Wildman–Crippen MR) is 133 cm³/mol. The Kier molecular flexibility index (Phi) is 8.01. The van der Waals surface area contributed by atoms with Crippen molar-refractivity contribution in [2.24, 2.45) is 0 Å². The minimum absolute atomic E-state index is 0.00127. The largest absolute Gasteiger partial charge is 0.490 e. The van der Waals surface area contributed by atoms with Crippen molar-refractivity contribution >= 4 is 0 Å². The van der Waals surface area contributed by atoms with Crippen molar-refractivity contribution in [2.75, 3.05) is 6.54 Å². The minimum atomic E-state index is -1.19. The molecule has 0 saturated carbocycles. The zero-order valence-corrected chi connectivity index (χ0v) is 20.7. The molecule has 0 saturated heterocycles. The van der Waals surface area contributed by atoms with Gasteiger partial charge in [0, 0.05) is 23.7 Å². The topological polar surface area (TPSA) is 145 Å². The normalized spacial score (nSPS) is 17.4. The predicted octanol–water partition coefficient (Wildman–Crippen LogP) is 3.13. The number of rotatable bonds is 10. The summed E-state index contributed by atoms with van der Waals surface area (Å²) in [6.45, 7) is 5.72. The molecule has 0 fully saturated rings. The Morgan fingerprint density at radius 2 is 2.00 bits per heavy atom. The Morgan fingerprint density at radius 3 is 2.72 bits per heavy atom. The van der Waals surface area contributed by atoms with Gasteiger partial charge >= 0.3 is 0 Å². The highest BCUT2D eigenvalue weighted by molar-refractivity contribution is 5.67. The Labute approximate surface area is 210 Å². The van der Waals surface area contributed by atoms with Gasteiger partial charge in [0.25, 0.3) is 5.89 Å². The molecule has 36 heavy (non-hydrogen) atoms. The van der Waals surface area contributed by atoms with Gasteiger partial charge in [-0.1, -0.05) is 30.3 Å². The number of hydrogen-bond acceptors (Lipinski definition) is 9. The molecular weight excluding hydrogens is 460 g/mol. The second kappa shape index (κ2) is 11.2. The number of nitrogens with one attached hydrogen (secondary N) is 1. The van der Waals surface area contributed by atoms with E-state index in [-0.39, 0.29) is 18.7 Å². The second-order valence-corrected chi connectivity index (χ2v) is 9.32. The molecule has 1 heterocycles. The number of benzene rings is 2. The van der Waals surface area contributed by atoms with E-state index >= 15 is 0 Å². The monoisotopic (exact) mass is 492 g/mol. The molecule has 0 radical (unpaired) electrons. The molecular formula is C27H32N4O5. The Bertz CT molecular complexity index is 1240. The molecule has 9 nitrogen and oxygen atoms in total. The summed E-state index contributed by atoms with van der Waals surface area (Å²) in [5.74, 6) is 1.29. The summed E-state index contributed by atoms with van der Waals surface area (Å²) in [5, 5.41) is 47.1. The number of aliphatic hydroxyl groups excluding tert-OH is 3. The average Bonchev–Trinajstić information content (AvgIpc) is 3.54. The third kappa shape index (κ3) is 5.42. The lowest BCUT2D eigenvalue weighted by atomic mass is 10.0. The van der Waals surface area contributed by atoms with E-state index in [9.17, 15) is 20.6 Å². The van der Waals surface area contributed by atoms with Crippen LogP contribution in [0.25, 0.3) is 22.8 Å². The summed E-state index contributed by atoms with van der Waals surface area (Å²) in [6.07, 6.45) is -1.29. The van der Waals surface area contributed by atoms with E-state index in [0.717, 1.165) is 29.5 Å². The van der Waals surface area contributed by atoms with Crippen LogP contribution in [0.2, 0.25) is 0 Å². The molecule has 0 bridgehead atoms. The maximum atomic E-state index is 10.2. The molecule has 3 aromatic rings. The van der Waals surface area contributed by atoms with Crippen molar-refractivity contribution in [3.63, 3.8) is 0 Å². The third-order valence-corrected chi connectivity index (χ3v) is 6.43. The van der Waals surface area contributed by atoms with Crippen LogP contribution in [0, 0.1) is 11.3 Å². The van der Waals surface area contributed by atoms with Crippen molar-refractivity contribution in [3.8, 4) is 34.7 Å². The van der Waals surface area contributed by atoms with Crippen molar-refractivity contribution < 1.29 is 24.6 Å². The lowest BCUT2D eigenvalue weighted by Crippen LogP contribution is -2.43. The Balaban J connectivity index is 1.52. The maximum Gasteiger partial charge on any atom is 0.258 e. The molecule has 0 amide bonds. The van der Waals surface area contributed by atoms with Crippen LogP contribution in [0.15, 0.2) is 40.9 Å². The number of nitriles is 1. The van der Waals surface area contributed by atoms with E-state index in [2.05, 4.69) is 21.5 Å². The van der Waals surface area contributed by atoms with Crippen molar-refractivity contribution in [1.29, 1.82) is 5.26 Å². The summed E-state index contributed by atoms with van der Waals surface area (Å²) in [7, 11) is 0. The van der Waals surface area contributed by atoms with Crippen molar-refractivity contribution in [1.82, 2.24) is 15.5 Å². The zero-order valence-electron chi connectivity index (χ0n) is 20.7. The molecule has 1 aliphatic rings. The van der Waals surface area contributed by atoms with Gasteiger partial charge in [-0.2, -0.15) is 10.2 Å². The molecule has 2 aromatic carbocycles. The van der Waals surface area contributed by atoms with Crippen LogP contribution in [0.5, 0.6) is 5.75 Å². The van der Waals surface area contributed by atoms with Gasteiger partial charge in [-0.15, -0.1) is 0 Å². The van der Waals surface area contributed by atoms with Gasteiger partial charge in [-0.05, 0) is 62.4 Å². The first-order valence-corrected chi connectivity index (χ1v) is 12.3. The van der Waals surface area contributed by atoms with E-state index in [1.165, 1.54) is 0 Å². The van der Waals surface area contributed by atoms with Gasteiger partial charge in [0.15, 0.2) is 0 Å². The smallest absolute Gasteiger partial charge is 0.258 e. The minimum Gasteiger partial charge on any atom is -0.490 e. The fraction of sp³-hybridized carbons (Fsp3) is 0.444. The fourth-order valence-electron chi connectivity index (χ4n) is 4.51. The Hall–Kier alpha value is -3.29. The highest BCUT2D eigenvalue weighted by atomic mass is 16.5. The first-order chi connectivity index (χ1) is 17.3. The van der Waals surface area contributed by atoms with Crippen LogP contribution in [0.4, 0.5) is 0 Å². The first kappa shape index (κ1) is 25.8. The molecule has 190 valence electrons. The van der Waals surface area contributed by atoms with Crippen LogP contribution < -0.4 is 10.1 Å². The molecule has 0 spiro atoms. The zero-order chi connectivity index (χ0) is 25.8. The van der Waals surface area contributed by atoms with Gasteiger partial charge in [0.2, 0.25) is 5.82 Å². The molecule has 9 heteroatoms. The van der Waals surface area contributed by atoms with Crippen LogP contribution in [0.3, 0.4) is 0 Å². The van der Waals surface area contributed by atoms with E-state index in [1.807, 2.05) is 32.0 Å². The molecule has 0 aliphatic heterocycles. The summed E-state index contributed by atoms with van der Waals surface area (Å²) < 4.78 is 11.2. The fourth-order valence-corrected chi connectivity index (χ4v) is 4.51. The molecule has 1 aliphatic carbocycles. The molecule has 4 N–H and O–H groups in total. The van der Waals surface area contributed by atoms with E-state index < -0.39 is 18.3 Å². The standard InChI is InChI=1S/C27H32N4O5/c1-4-22(32)25(34)23(33)14-29-21-10-9-18-19(21)6-5-7-20(18)26-30-27(36-31-26)16-8-11-24(35-15(2)3)17(12-16)13-28/h5-8,11-12,15,21-23,25,29,32-34H,4,9-10,14H2,1-3H3. The van der Waals surface area contributed by atoms with E-state index in [1.54, 1.807) is 25.1 Å². The quantitative estimate of drug-likeness (QED) is 0.335. The first-order valence-electron chi connectivity index (χ1n) is 12.3. The van der Waals surface area contributed by atoms with Crippen molar-refractivity contribution in [3.05, 3.63) is 53.1 Å². The van der Waals surface area contributed by atoms with Gasteiger partial charge in [0.05, 0.1) is 23.9 Å². The number of aromatic nitrogens is 2. The highest BCUT2D eigenvalue weighted by Crippen LogP contribution is 2.37. The number of fused-ring (bicyclic) bond motifs is 1. The number of aliphatic hydroxyl groups is 3. The summed E-state index contributed by atoms with van der Waals surface area (Å²) >= 11 is 0. The van der Waals surface area contributed by atoms with E-state index in [0.29, 0.717) is 35.0 Å². The lowest BCUT2D eigenvalue weighted by Gasteiger charge is -2.24. The Morgan fingerprint density at radius 1 is 1.19 bits per heavy atom. The number of hydrogen-bond donors (Lipinski definition) is 4.